The average Bonchev–Trinajstić information content (AvgIpc) is 2.37. The quantitative estimate of drug-likeness (QED) is 0.475. The molecule has 2 heterocycles. The van der Waals surface area contributed by atoms with Crippen LogP contribution in [-0.2, 0) is 0 Å². The molecular formula is C11H12BrF2N3O3. The summed E-state index contributed by atoms with van der Waals surface area (Å²) in [6.45, 7) is 0.0287. The number of methoxy groups -OCH3 is 1. The number of halogens is 3. The van der Waals surface area contributed by atoms with Gasteiger partial charge in [0.15, 0.2) is 0 Å². The van der Waals surface area contributed by atoms with E-state index in [9.17, 15) is 18.9 Å². The Bertz CT molecular complexity index is 532. The van der Waals surface area contributed by atoms with Crippen molar-refractivity contribution in [2.24, 2.45) is 0 Å². The molecule has 0 amide bonds. The van der Waals surface area contributed by atoms with Gasteiger partial charge in [0.25, 0.3) is 5.92 Å². The summed E-state index contributed by atoms with van der Waals surface area (Å²) in [6, 6.07) is 1.38. The maximum absolute atomic E-state index is 13.2. The number of pyridine rings is 1. The van der Waals surface area contributed by atoms with Crippen molar-refractivity contribution in [2.45, 2.75) is 18.8 Å². The summed E-state index contributed by atoms with van der Waals surface area (Å²) in [7, 11) is 1.31. The van der Waals surface area contributed by atoms with Crippen LogP contribution < -0.4 is 9.64 Å². The molecule has 0 radical (unpaired) electrons. The predicted octanol–water partition coefficient (Wildman–Crippen LogP) is 3.00. The van der Waals surface area contributed by atoms with Gasteiger partial charge >= 0.3 is 5.69 Å². The SMILES string of the molecule is COc1cc(Br)nc(N2CCC(F)(F)CC2)c1[N+](=O)[O-]. The smallest absolute Gasteiger partial charge is 0.353 e. The molecule has 1 aromatic heterocycles. The molecule has 0 bridgehead atoms. The van der Waals surface area contributed by atoms with E-state index in [2.05, 4.69) is 20.9 Å². The zero-order chi connectivity index (χ0) is 14.9. The Morgan fingerprint density at radius 2 is 2.10 bits per heavy atom. The molecule has 1 saturated heterocycles. The lowest BCUT2D eigenvalue weighted by atomic mass is 10.1. The van der Waals surface area contributed by atoms with E-state index in [1.165, 1.54) is 18.1 Å². The van der Waals surface area contributed by atoms with E-state index < -0.39 is 10.8 Å². The lowest BCUT2D eigenvalue weighted by molar-refractivity contribution is -0.385. The summed E-state index contributed by atoms with van der Waals surface area (Å²) in [5.74, 6) is -2.62. The number of piperidine rings is 1. The Hall–Kier alpha value is -1.51. The van der Waals surface area contributed by atoms with Crippen molar-refractivity contribution < 1.29 is 18.4 Å². The minimum absolute atomic E-state index is 0.0143. The lowest BCUT2D eigenvalue weighted by Gasteiger charge is -2.32. The maximum atomic E-state index is 13.2. The molecule has 0 aromatic carbocycles. The molecule has 110 valence electrons. The molecule has 1 aliphatic heterocycles. The molecule has 0 N–H and O–H groups in total. The number of aromatic nitrogens is 1. The van der Waals surface area contributed by atoms with E-state index in [4.69, 9.17) is 4.74 Å². The normalized spacial score (nSPS) is 17.9. The Morgan fingerprint density at radius 3 is 2.60 bits per heavy atom. The van der Waals surface area contributed by atoms with E-state index in [0.717, 1.165) is 0 Å². The van der Waals surface area contributed by atoms with Gasteiger partial charge in [0.05, 0.1) is 12.0 Å². The second-order valence-electron chi connectivity index (χ2n) is 4.42. The van der Waals surface area contributed by atoms with Gasteiger partial charge in [-0.2, -0.15) is 0 Å². The van der Waals surface area contributed by atoms with Gasteiger partial charge in [0.2, 0.25) is 11.6 Å². The maximum Gasteiger partial charge on any atom is 0.353 e. The number of nitro groups is 1. The number of hydrogen-bond acceptors (Lipinski definition) is 5. The summed E-state index contributed by atoms with van der Waals surface area (Å²) in [4.78, 5) is 16.1. The van der Waals surface area contributed by atoms with E-state index >= 15 is 0 Å². The minimum atomic E-state index is -2.72. The second kappa shape index (κ2) is 5.47. The Kier molecular flexibility index (Phi) is 4.07. The van der Waals surface area contributed by atoms with Crippen LogP contribution in [0, 0.1) is 10.1 Å². The molecule has 0 saturated carbocycles. The van der Waals surface area contributed by atoms with Crippen LogP contribution in [0.5, 0.6) is 5.75 Å². The molecule has 2 rings (SSSR count). The first kappa shape index (κ1) is 14.9. The first-order valence-electron chi connectivity index (χ1n) is 5.86. The predicted molar refractivity (Wildman–Crippen MR) is 71.5 cm³/mol. The third-order valence-corrected chi connectivity index (χ3v) is 3.51. The zero-order valence-corrected chi connectivity index (χ0v) is 12.2. The molecule has 1 aromatic rings. The van der Waals surface area contributed by atoms with Crippen molar-refractivity contribution in [3.8, 4) is 5.75 Å². The second-order valence-corrected chi connectivity index (χ2v) is 5.23. The molecule has 0 atom stereocenters. The molecular weight excluding hydrogens is 340 g/mol. The van der Waals surface area contributed by atoms with Gasteiger partial charge in [-0.25, -0.2) is 13.8 Å². The van der Waals surface area contributed by atoms with Crippen LogP contribution in [0.15, 0.2) is 10.7 Å². The third kappa shape index (κ3) is 2.97. The van der Waals surface area contributed by atoms with Gasteiger partial charge in [-0.15, -0.1) is 0 Å². The van der Waals surface area contributed by atoms with Crippen molar-refractivity contribution >= 4 is 27.4 Å². The molecule has 1 aliphatic rings. The van der Waals surface area contributed by atoms with Gasteiger partial charge in [-0.3, -0.25) is 10.1 Å². The average molecular weight is 352 g/mol. The van der Waals surface area contributed by atoms with Gasteiger partial charge in [-0.05, 0) is 15.9 Å². The molecule has 0 aliphatic carbocycles. The summed E-state index contributed by atoms with van der Waals surface area (Å²) >= 11 is 3.14. The highest BCUT2D eigenvalue weighted by atomic mass is 79.9. The first-order valence-corrected chi connectivity index (χ1v) is 6.65. The van der Waals surface area contributed by atoms with Gasteiger partial charge in [0, 0.05) is 32.0 Å². The van der Waals surface area contributed by atoms with Crippen LogP contribution in [0.2, 0.25) is 0 Å². The standard InChI is InChI=1S/C11H12BrF2N3O3/c1-20-7-6-8(12)15-10(9(7)17(18)19)16-4-2-11(13,14)3-5-16/h6H,2-5H2,1H3. The van der Waals surface area contributed by atoms with Crippen molar-refractivity contribution in [1.29, 1.82) is 0 Å². The molecule has 6 nitrogen and oxygen atoms in total. The van der Waals surface area contributed by atoms with Crippen molar-refractivity contribution in [1.82, 2.24) is 4.98 Å². The van der Waals surface area contributed by atoms with Crippen LogP contribution in [0.4, 0.5) is 20.3 Å². The minimum Gasteiger partial charge on any atom is -0.490 e. The molecule has 0 unspecified atom stereocenters. The zero-order valence-electron chi connectivity index (χ0n) is 10.6. The third-order valence-electron chi connectivity index (χ3n) is 3.11. The Balaban J connectivity index is 2.40. The van der Waals surface area contributed by atoms with Crippen LogP contribution in [0.1, 0.15) is 12.8 Å². The number of alkyl halides is 2. The fraction of sp³-hybridized carbons (Fsp3) is 0.545. The molecule has 20 heavy (non-hydrogen) atoms. The van der Waals surface area contributed by atoms with Crippen LogP contribution in [0.3, 0.4) is 0 Å². The highest BCUT2D eigenvalue weighted by molar-refractivity contribution is 9.10. The van der Waals surface area contributed by atoms with Crippen molar-refractivity contribution in [2.75, 3.05) is 25.1 Å². The molecule has 0 spiro atoms. The summed E-state index contributed by atoms with van der Waals surface area (Å²) in [5, 5.41) is 11.2. The monoisotopic (exact) mass is 351 g/mol. The van der Waals surface area contributed by atoms with Crippen molar-refractivity contribution in [3.63, 3.8) is 0 Å². The Morgan fingerprint density at radius 1 is 1.50 bits per heavy atom. The topological polar surface area (TPSA) is 68.5 Å². The van der Waals surface area contributed by atoms with Crippen molar-refractivity contribution in [3.05, 3.63) is 20.8 Å². The number of nitrogens with zero attached hydrogens (tertiary/aromatic N) is 3. The van der Waals surface area contributed by atoms with E-state index in [1.54, 1.807) is 0 Å². The lowest BCUT2D eigenvalue weighted by Crippen LogP contribution is -2.40. The molecule has 9 heteroatoms. The number of anilines is 1. The van der Waals surface area contributed by atoms with Crippen LogP contribution >= 0.6 is 15.9 Å². The van der Waals surface area contributed by atoms with Crippen LogP contribution in [-0.4, -0.2) is 36.0 Å². The summed E-state index contributed by atoms with van der Waals surface area (Å²) in [6.07, 6.45) is -0.693. The molecule has 1 fully saturated rings. The van der Waals surface area contributed by atoms with E-state index in [1.807, 2.05) is 0 Å². The number of hydrogen-bond donors (Lipinski definition) is 0. The highest BCUT2D eigenvalue weighted by Gasteiger charge is 2.37. The van der Waals surface area contributed by atoms with Crippen LogP contribution in [0.25, 0.3) is 0 Å². The fourth-order valence-corrected chi connectivity index (χ4v) is 2.44. The summed E-state index contributed by atoms with van der Waals surface area (Å²) < 4.78 is 31.7. The van der Waals surface area contributed by atoms with Gasteiger partial charge in [0.1, 0.15) is 4.60 Å². The fourth-order valence-electron chi connectivity index (χ4n) is 2.07. The van der Waals surface area contributed by atoms with E-state index in [-0.39, 0.29) is 43.2 Å². The van der Waals surface area contributed by atoms with E-state index in [0.29, 0.717) is 4.60 Å². The first-order chi connectivity index (χ1) is 9.34. The highest BCUT2D eigenvalue weighted by Crippen LogP contribution is 2.40. The number of rotatable bonds is 3. The summed E-state index contributed by atoms with van der Waals surface area (Å²) in [5.41, 5.74) is -0.305. The largest absolute Gasteiger partial charge is 0.490 e. The number of ether oxygens (including phenoxy) is 1. The van der Waals surface area contributed by atoms with Gasteiger partial charge < -0.3 is 9.64 Å². The van der Waals surface area contributed by atoms with Gasteiger partial charge in [-0.1, -0.05) is 0 Å². The Labute approximate surface area is 122 Å².